The van der Waals surface area contributed by atoms with Gasteiger partial charge in [-0.25, -0.2) is 13.4 Å². The number of carbonyl (C=O) groups is 1. The van der Waals surface area contributed by atoms with E-state index in [2.05, 4.69) is 39.5 Å². The fourth-order valence-electron chi connectivity index (χ4n) is 5.40. The third kappa shape index (κ3) is 7.18. The highest BCUT2D eigenvalue weighted by Gasteiger charge is 2.45. The van der Waals surface area contributed by atoms with Crippen LogP contribution in [0.3, 0.4) is 0 Å². The van der Waals surface area contributed by atoms with Crippen molar-refractivity contribution in [1.29, 1.82) is 10.5 Å². The van der Waals surface area contributed by atoms with E-state index in [4.69, 9.17) is 10.5 Å². The molecular weight excluding hydrogens is 567 g/mol. The summed E-state index contributed by atoms with van der Waals surface area (Å²) in [6.45, 7) is 3.08. The molecule has 0 spiro atoms. The minimum absolute atomic E-state index is 0. The zero-order chi connectivity index (χ0) is 29.7. The normalized spacial score (nSPS) is 19.0. The molecule has 1 saturated heterocycles. The highest BCUT2D eigenvalue weighted by atomic mass is 32.2. The molecular formula is C32H37N5O3S2. The van der Waals surface area contributed by atoms with Gasteiger partial charge in [0.25, 0.3) is 0 Å². The molecule has 42 heavy (non-hydrogen) atoms. The lowest BCUT2D eigenvalue weighted by Gasteiger charge is -2.28. The summed E-state index contributed by atoms with van der Waals surface area (Å²) < 4.78 is 23.2. The van der Waals surface area contributed by atoms with Crippen molar-refractivity contribution in [3.05, 3.63) is 59.8 Å². The number of hydrogen-bond acceptors (Lipinski definition) is 8. The fourth-order valence-corrected chi connectivity index (χ4v) is 7.62. The standard InChI is InChI=1S/C21H19N3O2S2.C11H16N2O.H2/c1-15-12-16(13-22)2-7-19(15)21-23-14-20(27-21)17-3-5-18(6-4-17)24-8-10-28(25,26)11-9-24;12-8-11(6-7-11)13-10(14)9-4-2-1-3-5-9;/h2-7,12,14H,8-11H2,1H3;9H,1-7H2,(H,13,14);1H. The highest BCUT2D eigenvalue weighted by Crippen LogP contribution is 2.36. The largest absolute Gasteiger partial charge is 0.369 e. The number of hydrogen-bond donors (Lipinski definition) is 1. The number of benzene rings is 2. The second-order valence-electron chi connectivity index (χ2n) is 11.4. The Bertz CT molecular complexity index is 1620. The van der Waals surface area contributed by atoms with Gasteiger partial charge in [-0.3, -0.25) is 4.79 Å². The van der Waals surface area contributed by atoms with Gasteiger partial charge in [-0.15, -0.1) is 11.3 Å². The molecule has 3 aliphatic rings. The molecule has 1 aliphatic heterocycles. The number of aryl methyl sites for hydroxylation is 1. The molecule has 0 unspecified atom stereocenters. The van der Waals surface area contributed by atoms with Crippen LogP contribution in [0.15, 0.2) is 48.7 Å². The van der Waals surface area contributed by atoms with E-state index in [1.54, 1.807) is 11.3 Å². The first-order valence-corrected chi connectivity index (χ1v) is 17.1. The number of nitrogens with one attached hydrogen (secondary N) is 1. The maximum atomic E-state index is 11.8. The van der Waals surface area contributed by atoms with E-state index in [-0.39, 0.29) is 24.8 Å². The van der Waals surface area contributed by atoms with Gasteiger partial charge in [0.05, 0.1) is 34.1 Å². The Morgan fingerprint density at radius 1 is 1.07 bits per heavy atom. The van der Waals surface area contributed by atoms with Crippen molar-refractivity contribution in [2.24, 2.45) is 5.92 Å². The van der Waals surface area contributed by atoms with Crippen LogP contribution < -0.4 is 10.2 Å². The molecule has 2 aliphatic carbocycles. The summed E-state index contributed by atoms with van der Waals surface area (Å²) in [6, 6.07) is 18.2. The SMILES string of the molecule is Cc1cc(C#N)ccc1-c1ncc(-c2ccc(N3CCS(=O)(=O)CC3)cc2)s1.N#CC1(NC(=O)C2CCCCC2)CC1.[HH]. The summed E-state index contributed by atoms with van der Waals surface area (Å²) in [6.07, 6.45) is 9.15. The number of thiazole rings is 1. The summed E-state index contributed by atoms with van der Waals surface area (Å²) in [5.41, 5.74) is 4.39. The Balaban J connectivity index is 0.000000238. The molecule has 2 aromatic carbocycles. The number of nitriles is 2. The fraction of sp³-hybridized carbons (Fsp3) is 0.438. The summed E-state index contributed by atoms with van der Waals surface area (Å²) >= 11 is 1.62. The van der Waals surface area contributed by atoms with Gasteiger partial charge in [-0.05, 0) is 68.0 Å². The third-order valence-corrected chi connectivity index (χ3v) is 10.9. The van der Waals surface area contributed by atoms with Crippen molar-refractivity contribution in [2.45, 2.75) is 57.4 Å². The first-order chi connectivity index (χ1) is 20.2. The number of rotatable bonds is 5. The average Bonchev–Trinajstić information content (AvgIpc) is 3.61. The first-order valence-electron chi connectivity index (χ1n) is 14.5. The minimum atomic E-state index is -2.87. The van der Waals surface area contributed by atoms with Crippen LogP contribution in [0.4, 0.5) is 5.69 Å². The molecule has 3 aromatic rings. The van der Waals surface area contributed by atoms with Crippen LogP contribution in [0.1, 0.15) is 57.5 Å². The maximum absolute atomic E-state index is 11.8. The maximum Gasteiger partial charge on any atom is 0.224 e. The Hall–Kier alpha value is -3.73. The molecule has 1 amide bonds. The van der Waals surface area contributed by atoms with Gasteiger partial charge in [0.2, 0.25) is 5.91 Å². The first kappa shape index (κ1) is 29.8. The van der Waals surface area contributed by atoms with Crippen molar-refractivity contribution in [3.8, 4) is 33.2 Å². The van der Waals surface area contributed by atoms with E-state index in [1.807, 2.05) is 43.5 Å². The van der Waals surface area contributed by atoms with Gasteiger partial charge < -0.3 is 10.2 Å². The molecule has 0 radical (unpaired) electrons. The second kappa shape index (κ2) is 12.6. The number of carbonyl (C=O) groups excluding carboxylic acids is 1. The predicted molar refractivity (Wildman–Crippen MR) is 168 cm³/mol. The number of anilines is 1. The number of amides is 1. The quantitative estimate of drug-likeness (QED) is 0.386. The van der Waals surface area contributed by atoms with Crippen molar-refractivity contribution in [1.82, 2.24) is 10.3 Å². The van der Waals surface area contributed by atoms with Crippen LogP contribution in [-0.2, 0) is 14.6 Å². The van der Waals surface area contributed by atoms with Crippen LogP contribution >= 0.6 is 11.3 Å². The summed E-state index contributed by atoms with van der Waals surface area (Å²) in [5, 5.41) is 21.7. The van der Waals surface area contributed by atoms with E-state index in [1.165, 1.54) is 6.42 Å². The summed E-state index contributed by atoms with van der Waals surface area (Å²) in [7, 11) is -2.87. The second-order valence-corrected chi connectivity index (χ2v) is 14.7. The lowest BCUT2D eigenvalue weighted by atomic mass is 9.88. The van der Waals surface area contributed by atoms with Crippen molar-refractivity contribution >= 4 is 32.8 Å². The topological polar surface area (TPSA) is 127 Å². The van der Waals surface area contributed by atoms with Crippen molar-refractivity contribution in [3.63, 3.8) is 0 Å². The van der Waals surface area contributed by atoms with Crippen LogP contribution in [0, 0.1) is 35.5 Å². The van der Waals surface area contributed by atoms with E-state index in [0.717, 1.165) is 70.8 Å². The summed E-state index contributed by atoms with van der Waals surface area (Å²) in [5.74, 6) is 0.728. The molecule has 10 heteroatoms. The summed E-state index contributed by atoms with van der Waals surface area (Å²) in [4.78, 5) is 19.5. The van der Waals surface area contributed by atoms with Crippen molar-refractivity contribution in [2.75, 3.05) is 29.5 Å². The van der Waals surface area contributed by atoms with E-state index < -0.39 is 15.4 Å². The van der Waals surface area contributed by atoms with E-state index in [9.17, 15) is 13.2 Å². The molecule has 2 heterocycles. The minimum Gasteiger partial charge on any atom is -0.369 e. The molecule has 1 aromatic heterocycles. The molecule has 2 saturated carbocycles. The lowest BCUT2D eigenvalue weighted by molar-refractivity contribution is -0.126. The number of nitrogens with zero attached hydrogens (tertiary/aromatic N) is 4. The van der Waals surface area contributed by atoms with Gasteiger partial charge in [-0.2, -0.15) is 10.5 Å². The smallest absolute Gasteiger partial charge is 0.224 e. The van der Waals surface area contributed by atoms with Crippen molar-refractivity contribution < 1.29 is 14.6 Å². The lowest BCUT2D eigenvalue weighted by Crippen LogP contribution is -2.40. The van der Waals surface area contributed by atoms with Crippen LogP contribution in [-0.4, -0.2) is 49.4 Å². The van der Waals surface area contributed by atoms with Gasteiger partial charge in [-0.1, -0.05) is 37.5 Å². The Labute approximate surface area is 253 Å². The zero-order valence-corrected chi connectivity index (χ0v) is 25.4. The molecule has 1 N–H and O–H groups in total. The van der Waals surface area contributed by atoms with Gasteiger partial charge >= 0.3 is 0 Å². The van der Waals surface area contributed by atoms with Crippen LogP contribution in [0.2, 0.25) is 0 Å². The van der Waals surface area contributed by atoms with Gasteiger partial charge in [0.15, 0.2) is 9.84 Å². The number of sulfone groups is 1. The van der Waals surface area contributed by atoms with Gasteiger partial charge in [0, 0.05) is 37.9 Å². The number of aromatic nitrogens is 1. The Morgan fingerprint density at radius 3 is 2.36 bits per heavy atom. The molecule has 6 rings (SSSR count). The molecule has 8 nitrogen and oxygen atoms in total. The molecule has 0 bridgehead atoms. The predicted octanol–water partition coefficient (Wildman–Crippen LogP) is 5.88. The molecule has 0 atom stereocenters. The highest BCUT2D eigenvalue weighted by molar-refractivity contribution is 7.91. The monoisotopic (exact) mass is 603 g/mol. The van der Waals surface area contributed by atoms with E-state index >= 15 is 0 Å². The Kier molecular flexibility index (Phi) is 8.96. The van der Waals surface area contributed by atoms with Gasteiger partial charge in [0.1, 0.15) is 10.5 Å². The zero-order valence-electron chi connectivity index (χ0n) is 23.8. The third-order valence-electron chi connectivity index (χ3n) is 8.26. The molecule has 220 valence electrons. The molecule has 3 fully saturated rings. The average molecular weight is 604 g/mol. The van der Waals surface area contributed by atoms with Crippen LogP contribution in [0.5, 0.6) is 0 Å². The van der Waals surface area contributed by atoms with E-state index in [0.29, 0.717) is 18.7 Å². The Morgan fingerprint density at radius 2 is 1.76 bits per heavy atom. The van der Waals surface area contributed by atoms with Crippen LogP contribution in [0.25, 0.3) is 21.0 Å².